The van der Waals surface area contributed by atoms with Crippen LogP contribution in [0, 0.1) is 18.3 Å². The van der Waals surface area contributed by atoms with Gasteiger partial charge in [0.1, 0.15) is 6.07 Å². The molecule has 0 spiro atoms. The molecule has 0 N–H and O–H groups in total. The van der Waals surface area contributed by atoms with Gasteiger partial charge in [-0.2, -0.15) is 5.26 Å². The summed E-state index contributed by atoms with van der Waals surface area (Å²) >= 11 is 6.07. The predicted molar refractivity (Wildman–Crippen MR) is 58.7 cm³/mol. The van der Waals surface area contributed by atoms with Crippen LogP contribution in [0.3, 0.4) is 0 Å². The highest BCUT2D eigenvalue weighted by Gasteiger charge is 2.21. The molecular formula is C11H12ClN3. The van der Waals surface area contributed by atoms with Gasteiger partial charge in [0.2, 0.25) is 0 Å². The van der Waals surface area contributed by atoms with E-state index >= 15 is 0 Å². The molecule has 3 nitrogen and oxygen atoms in total. The molecule has 1 aromatic heterocycles. The third-order valence-electron chi connectivity index (χ3n) is 2.76. The zero-order valence-corrected chi connectivity index (χ0v) is 9.60. The van der Waals surface area contributed by atoms with E-state index in [4.69, 9.17) is 16.9 Å². The van der Waals surface area contributed by atoms with Crippen LogP contribution in [0.25, 0.3) is 0 Å². The van der Waals surface area contributed by atoms with Crippen molar-refractivity contribution in [3.8, 4) is 6.07 Å². The molecule has 1 aliphatic heterocycles. The van der Waals surface area contributed by atoms with Gasteiger partial charge >= 0.3 is 0 Å². The van der Waals surface area contributed by atoms with Crippen LogP contribution in [-0.4, -0.2) is 23.5 Å². The van der Waals surface area contributed by atoms with Gasteiger partial charge in [0.15, 0.2) is 0 Å². The number of hydrogen-bond donors (Lipinski definition) is 0. The Labute approximate surface area is 94.3 Å². The minimum absolute atomic E-state index is 0.515. The number of likely N-dealkylation sites (N-methyl/N-ethyl adjacent to an activating group) is 1. The molecule has 0 radical (unpaired) electrons. The Bertz CT molecular complexity index is 448. The third-order valence-corrected chi connectivity index (χ3v) is 3.23. The molecule has 1 aromatic rings. The molecule has 4 heteroatoms. The van der Waals surface area contributed by atoms with Gasteiger partial charge in [-0.05, 0) is 26.0 Å². The summed E-state index contributed by atoms with van der Waals surface area (Å²) < 4.78 is 0. The van der Waals surface area contributed by atoms with Crippen molar-refractivity contribution < 1.29 is 0 Å². The van der Waals surface area contributed by atoms with Crippen molar-refractivity contribution in [2.45, 2.75) is 19.9 Å². The largest absolute Gasteiger partial charge is 0.300 e. The SMILES string of the molecule is Cc1nc2c(c(C#N)c1Cl)CCN(C)C2. The molecule has 0 amide bonds. The Morgan fingerprint density at radius 2 is 2.27 bits per heavy atom. The molecule has 0 aromatic carbocycles. The zero-order valence-electron chi connectivity index (χ0n) is 8.84. The fraction of sp³-hybridized carbons (Fsp3) is 0.455. The lowest BCUT2D eigenvalue weighted by molar-refractivity contribution is 0.307. The Hall–Kier alpha value is -1.11. The quantitative estimate of drug-likeness (QED) is 0.672. The van der Waals surface area contributed by atoms with Crippen molar-refractivity contribution >= 4 is 11.6 Å². The Morgan fingerprint density at radius 1 is 1.53 bits per heavy atom. The smallest absolute Gasteiger partial charge is 0.101 e. The third kappa shape index (κ3) is 1.71. The van der Waals surface area contributed by atoms with E-state index in [1.807, 2.05) is 6.92 Å². The molecule has 0 bridgehead atoms. The number of nitriles is 1. The summed E-state index contributed by atoms with van der Waals surface area (Å²) in [6, 6.07) is 2.19. The van der Waals surface area contributed by atoms with E-state index in [1.165, 1.54) is 0 Å². The molecule has 2 rings (SSSR count). The van der Waals surface area contributed by atoms with Gasteiger partial charge in [0.25, 0.3) is 0 Å². The van der Waals surface area contributed by atoms with Crippen LogP contribution < -0.4 is 0 Å². The number of aromatic nitrogens is 1. The highest BCUT2D eigenvalue weighted by molar-refractivity contribution is 6.32. The van der Waals surface area contributed by atoms with E-state index in [9.17, 15) is 0 Å². The van der Waals surface area contributed by atoms with Crippen molar-refractivity contribution in [3.05, 3.63) is 27.5 Å². The van der Waals surface area contributed by atoms with Crippen LogP contribution in [0.4, 0.5) is 0 Å². The first-order valence-corrected chi connectivity index (χ1v) is 5.27. The molecule has 0 saturated carbocycles. The molecule has 2 heterocycles. The average Bonchev–Trinajstić information content (AvgIpc) is 2.20. The molecule has 15 heavy (non-hydrogen) atoms. The number of rotatable bonds is 0. The maximum absolute atomic E-state index is 9.09. The molecule has 78 valence electrons. The summed E-state index contributed by atoms with van der Waals surface area (Å²) in [5, 5.41) is 9.60. The maximum atomic E-state index is 9.09. The van der Waals surface area contributed by atoms with Gasteiger partial charge in [0.05, 0.1) is 22.0 Å². The summed E-state index contributed by atoms with van der Waals surface area (Å²) in [5.74, 6) is 0. The fourth-order valence-electron chi connectivity index (χ4n) is 1.93. The van der Waals surface area contributed by atoms with Gasteiger partial charge < -0.3 is 4.90 Å². The topological polar surface area (TPSA) is 39.9 Å². The lowest BCUT2D eigenvalue weighted by Crippen LogP contribution is -2.28. The van der Waals surface area contributed by atoms with Gasteiger partial charge in [-0.25, -0.2) is 0 Å². The first-order valence-electron chi connectivity index (χ1n) is 4.90. The van der Waals surface area contributed by atoms with Gasteiger partial charge in [-0.15, -0.1) is 0 Å². The summed E-state index contributed by atoms with van der Waals surface area (Å²) in [4.78, 5) is 6.65. The summed E-state index contributed by atoms with van der Waals surface area (Å²) in [7, 11) is 2.06. The maximum Gasteiger partial charge on any atom is 0.101 e. The Kier molecular flexibility index (Phi) is 2.64. The van der Waals surface area contributed by atoms with Crippen LogP contribution in [0.5, 0.6) is 0 Å². The van der Waals surface area contributed by atoms with Gasteiger partial charge in [0, 0.05) is 13.1 Å². The van der Waals surface area contributed by atoms with Crippen molar-refractivity contribution in [2.24, 2.45) is 0 Å². The van der Waals surface area contributed by atoms with E-state index in [1.54, 1.807) is 0 Å². The Morgan fingerprint density at radius 3 is 2.93 bits per heavy atom. The van der Waals surface area contributed by atoms with Crippen LogP contribution in [0.1, 0.15) is 22.5 Å². The van der Waals surface area contributed by atoms with E-state index in [0.717, 1.165) is 36.5 Å². The first-order chi connectivity index (χ1) is 7.13. The van der Waals surface area contributed by atoms with E-state index in [-0.39, 0.29) is 0 Å². The molecule has 0 fully saturated rings. The van der Waals surface area contributed by atoms with Crippen molar-refractivity contribution in [3.63, 3.8) is 0 Å². The second-order valence-electron chi connectivity index (χ2n) is 3.91. The van der Waals surface area contributed by atoms with Crippen molar-refractivity contribution in [1.82, 2.24) is 9.88 Å². The summed E-state index contributed by atoms with van der Waals surface area (Å²) in [6.07, 6.45) is 0.863. The van der Waals surface area contributed by atoms with E-state index in [0.29, 0.717) is 10.6 Å². The number of fused-ring (bicyclic) bond motifs is 1. The average molecular weight is 222 g/mol. The highest BCUT2D eigenvalue weighted by atomic mass is 35.5. The minimum atomic E-state index is 0.515. The minimum Gasteiger partial charge on any atom is -0.300 e. The number of nitrogens with zero attached hydrogens (tertiary/aromatic N) is 3. The summed E-state index contributed by atoms with van der Waals surface area (Å²) in [6.45, 7) is 3.61. The van der Waals surface area contributed by atoms with Crippen LogP contribution in [0.2, 0.25) is 5.02 Å². The first kappa shape index (κ1) is 10.4. The summed E-state index contributed by atoms with van der Waals surface area (Å²) in [5.41, 5.74) is 3.41. The second kappa shape index (κ2) is 3.80. The van der Waals surface area contributed by atoms with Crippen LogP contribution in [-0.2, 0) is 13.0 Å². The lowest BCUT2D eigenvalue weighted by Gasteiger charge is -2.25. The molecule has 0 unspecified atom stereocenters. The fourth-order valence-corrected chi connectivity index (χ4v) is 2.13. The molecule has 1 aliphatic rings. The molecule has 0 saturated heterocycles. The number of halogens is 1. The van der Waals surface area contributed by atoms with Crippen LogP contribution >= 0.6 is 11.6 Å². The normalized spacial score (nSPS) is 15.9. The lowest BCUT2D eigenvalue weighted by atomic mass is 9.99. The monoisotopic (exact) mass is 221 g/mol. The molecule has 0 aliphatic carbocycles. The second-order valence-corrected chi connectivity index (χ2v) is 4.29. The number of hydrogen-bond acceptors (Lipinski definition) is 3. The Balaban J connectivity index is 2.62. The molecular weight excluding hydrogens is 210 g/mol. The zero-order chi connectivity index (χ0) is 11.0. The standard InChI is InChI=1S/C11H12ClN3/c1-7-11(12)9(5-13)8-3-4-15(2)6-10(8)14-7/h3-4,6H2,1-2H3. The molecule has 0 atom stereocenters. The van der Waals surface area contributed by atoms with Crippen molar-refractivity contribution in [1.29, 1.82) is 5.26 Å². The highest BCUT2D eigenvalue weighted by Crippen LogP contribution is 2.27. The van der Waals surface area contributed by atoms with Crippen LogP contribution in [0.15, 0.2) is 0 Å². The van der Waals surface area contributed by atoms with Gasteiger partial charge in [-0.3, -0.25) is 4.98 Å². The van der Waals surface area contributed by atoms with Gasteiger partial charge in [-0.1, -0.05) is 11.6 Å². The number of pyridine rings is 1. The predicted octanol–water partition coefficient (Wildman–Crippen LogP) is 1.90. The van der Waals surface area contributed by atoms with E-state index < -0.39 is 0 Å². The van der Waals surface area contributed by atoms with E-state index in [2.05, 4.69) is 23.0 Å². The number of aryl methyl sites for hydroxylation is 1. The van der Waals surface area contributed by atoms with Crippen molar-refractivity contribution in [2.75, 3.05) is 13.6 Å².